The Morgan fingerprint density at radius 1 is 1.22 bits per heavy atom. The van der Waals surface area contributed by atoms with Gasteiger partial charge in [-0.05, 0) is 56.3 Å². The molecule has 1 N–H and O–H groups in total. The van der Waals surface area contributed by atoms with Gasteiger partial charge in [0, 0.05) is 11.3 Å². The van der Waals surface area contributed by atoms with E-state index >= 15 is 0 Å². The number of hydrogen-bond acceptors (Lipinski definition) is 2. The van der Waals surface area contributed by atoms with E-state index in [0.29, 0.717) is 5.75 Å². The van der Waals surface area contributed by atoms with Crippen molar-refractivity contribution in [1.29, 1.82) is 0 Å². The maximum Gasteiger partial charge on any atom is 0.230 e. The number of thioether (sulfide) groups is 1. The molecule has 18 heavy (non-hydrogen) atoms. The molecule has 100 valence electrons. The number of carbonyl (C=O) groups excluding carboxylic acids is 1. The van der Waals surface area contributed by atoms with E-state index in [1.807, 2.05) is 6.08 Å². The van der Waals surface area contributed by atoms with Crippen molar-refractivity contribution >= 4 is 17.7 Å². The molecular weight excluding hydrogens is 242 g/mol. The van der Waals surface area contributed by atoms with E-state index in [4.69, 9.17) is 0 Å². The van der Waals surface area contributed by atoms with Crippen molar-refractivity contribution in [1.82, 2.24) is 5.32 Å². The van der Waals surface area contributed by atoms with Crippen LogP contribution in [0.5, 0.6) is 0 Å². The molecule has 4 fully saturated rings. The second kappa shape index (κ2) is 4.92. The fraction of sp³-hybridized carbons (Fsp3) is 0.800. The van der Waals surface area contributed by atoms with E-state index in [-0.39, 0.29) is 11.4 Å². The van der Waals surface area contributed by atoms with E-state index in [1.54, 1.807) is 11.8 Å². The summed E-state index contributed by atoms with van der Waals surface area (Å²) >= 11 is 1.66. The minimum absolute atomic E-state index is 0.181. The Labute approximate surface area is 114 Å². The van der Waals surface area contributed by atoms with Crippen molar-refractivity contribution in [2.75, 3.05) is 11.5 Å². The van der Waals surface area contributed by atoms with E-state index < -0.39 is 0 Å². The van der Waals surface area contributed by atoms with Crippen LogP contribution in [0, 0.1) is 17.8 Å². The SMILES string of the molecule is C=CCSCC(=O)NC12CC3CC(CC(C3)C1)C2. The molecule has 0 aliphatic heterocycles. The van der Waals surface area contributed by atoms with Crippen molar-refractivity contribution in [3.8, 4) is 0 Å². The van der Waals surface area contributed by atoms with Crippen LogP contribution in [-0.4, -0.2) is 23.0 Å². The van der Waals surface area contributed by atoms with E-state index in [1.165, 1.54) is 38.5 Å². The molecule has 0 heterocycles. The largest absolute Gasteiger partial charge is 0.350 e. The minimum Gasteiger partial charge on any atom is -0.350 e. The number of carbonyl (C=O) groups is 1. The van der Waals surface area contributed by atoms with Crippen LogP contribution in [0.4, 0.5) is 0 Å². The molecule has 0 atom stereocenters. The molecule has 0 aromatic rings. The molecule has 1 amide bonds. The smallest absolute Gasteiger partial charge is 0.230 e. The third kappa shape index (κ3) is 2.47. The molecule has 0 aromatic carbocycles. The second-order valence-corrected chi connectivity index (χ2v) is 7.58. The molecule has 0 spiro atoms. The predicted octanol–water partition coefficient (Wildman–Crippen LogP) is 2.99. The first kappa shape index (κ1) is 12.6. The first-order valence-corrected chi connectivity index (χ1v) is 8.34. The van der Waals surface area contributed by atoms with Crippen LogP contribution in [0.3, 0.4) is 0 Å². The number of hydrogen-bond donors (Lipinski definition) is 1. The standard InChI is InChI=1S/C15H23NOS/c1-2-3-18-10-14(17)16-15-7-11-4-12(8-15)6-13(5-11)9-15/h2,11-13H,1,3-10H2,(H,16,17). The molecule has 0 saturated heterocycles. The Bertz CT molecular complexity index is 317. The summed E-state index contributed by atoms with van der Waals surface area (Å²) in [5, 5.41) is 3.39. The van der Waals surface area contributed by atoms with Crippen molar-refractivity contribution in [3.63, 3.8) is 0 Å². The molecule has 0 unspecified atom stereocenters. The molecule has 4 bridgehead atoms. The molecule has 4 aliphatic rings. The molecule has 4 rings (SSSR count). The number of amides is 1. The van der Waals surface area contributed by atoms with Gasteiger partial charge in [-0.15, -0.1) is 18.3 Å². The van der Waals surface area contributed by atoms with Gasteiger partial charge in [-0.2, -0.15) is 0 Å². The lowest BCUT2D eigenvalue weighted by molar-refractivity contribution is -0.124. The fourth-order valence-corrected chi connectivity index (χ4v) is 5.37. The van der Waals surface area contributed by atoms with Crippen molar-refractivity contribution in [3.05, 3.63) is 12.7 Å². The zero-order chi connectivity index (χ0) is 12.6. The van der Waals surface area contributed by atoms with Crippen molar-refractivity contribution in [2.24, 2.45) is 17.8 Å². The van der Waals surface area contributed by atoms with E-state index in [9.17, 15) is 4.79 Å². The normalized spacial score (nSPS) is 40.8. The van der Waals surface area contributed by atoms with Gasteiger partial charge < -0.3 is 5.32 Å². The van der Waals surface area contributed by atoms with Gasteiger partial charge in [0.05, 0.1) is 5.75 Å². The summed E-state index contributed by atoms with van der Waals surface area (Å²) in [6.45, 7) is 3.69. The highest BCUT2D eigenvalue weighted by atomic mass is 32.2. The Hall–Kier alpha value is -0.440. The highest BCUT2D eigenvalue weighted by Gasteiger charge is 2.51. The predicted molar refractivity (Wildman–Crippen MR) is 76.6 cm³/mol. The summed E-state index contributed by atoms with van der Waals surface area (Å²) in [5.41, 5.74) is 0.181. The summed E-state index contributed by atoms with van der Waals surface area (Å²) in [4.78, 5) is 12.0. The summed E-state index contributed by atoms with van der Waals surface area (Å²) in [6, 6.07) is 0. The van der Waals surface area contributed by atoms with Crippen molar-refractivity contribution in [2.45, 2.75) is 44.1 Å². The van der Waals surface area contributed by atoms with Crippen LogP contribution < -0.4 is 5.32 Å². The zero-order valence-electron chi connectivity index (χ0n) is 11.0. The molecule has 3 heteroatoms. The van der Waals surface area contributed by atoms with Gasteiger partial charge in [-0.1, -0.05) is 6.08 Å². The first-order valence-electron chi connectivity index (χ1n) is 7.19. The highest BCUT2D eigenvalue weighted by Crippen LogP contribution is 2.55. The van der Waals surface area contributed by atoms with Crippen LogP contribution in [0.15, 0.2) is 12.7 Å². The van der Waals surface area contributed by atoms with Gasteiger partial charge in [0.25, 0.3) is 0 Å². The maximum atomic E-state index is 12.0. The lowest BCUT2D eigenvalue weighted by atomic mass is 9.53. The summed E-state index contributed by atoms with van der Waals surface area (Å²) in [5.74, 6) is 4.40. The zero-order valence-corrected chi connectivity index (χ0v) is 11.8. The number of rotatable bonds is 5. The lowest BCUT2D eigenvalue weighted by Gasteiger charge is -2.56. The third-order valence-corrected chi connectivity index (χ3v) is 5.85. The van der Waals surface area contributed by atoms with Crippen LogP contribution in [-0.2, 0) is 4.79 Å². The molecule has 4 aliphatic carbocycles. The average Bonchev–Trinajstić information content (AvgIpc) is 2.26. The number of nitrogens with one attached hydrogen (secondary N) is 1. The first-order chi connectivity index (χ1) is 8.69. The quantitative estimate of drug-likeness (QED) is 0.611. The molecule has 0 aromatic heterocycles. The van der Waals surface area contributed by atoms with E-state index in [2.05, 4.69) is 11.9 Å². The monoisotopic (exact) mass is 265 g/mol. The van der Waals surface area contributed by atoms with Gasteiger partial charge in [0.1, 0.15) is 0 Å². The topological polar surface area (TPSA) is 29.1 Å². The fourth-order valence-electron chi connectivity index (χ4n) is 4.83. The highest BCUT2D eigenvalue weighted by molar-refractivity contribution is 8.00. The minimum atomic E-state index is 0.181. The van der Waals surface area contributed by atoms with Gasteiger partial charge in [0.15, 0.2) is 0 Å². The Balaban J connectivity index is 1.58. The van der Waals surface area contributed by atoms with Gasteiger partial charge in [-0.3, -0.25) is 4.79 Å². The summed E-state index contributed by atoms with van der Waals surface area (Å²) < 4.78 is 0. The molecule has 4 saturated carbocycles. The summed E-state index contributed by atoms with van der Waals surface area (Å²) in [6.07, 6.45) is 9.90. The van der Waals surface area contributed by atoms with Gasteiger partial charge >= 0.3 is 0 Å². The van der Waals surface area contributed by atoms with Crippen LogP contribution in [0.2, 0.25) is 0 Å². The molecule has 2 nitrogen and oxygen atoms in total. The van der Waals surface area contributed by atoms with Crippen LogP contribution >= 0.6 is 11.8 Å². The molecular formula is C15H23NOS. The van der Waals surface area contributed by atoms with Crippen LogP contribution in [0.25, 0.3) is 0 Å². The van der Waals surface area contributed by atoms with E-state index in [0.717, 1.165) is 23.5 Å². The Kier molecular flexibility index (Phi) is 3.44. The summed E-state index contributed by atoms with van der Waals surface area (Å²) in [7, 11) is 0. The molecule has 0 radical (unpaired) electrons. The Morgan fingerprint density at radius 3 is 2.28 bits per heavy atom. The maximum absolute atomic E-state index is 12.0. The Morgan fingerprint density at radius 2 is 1.78 bits per heavy atom. The van der Waals surface area contributed by atoms with Gasteiger partial charge in [0.2, 0.25) is 5.91 Å². The average molecular weight is 265 g/mol. The lowest BCUT2D eigenvalue weighted by Crippen LogP contribution is -2.60. The van der Waals surface area contributed by atoms with Gasteiger partial charge in [-0.25, -0.2) is 0 Å². The second-order valence-electron chi connectivity index (χ2n) is 6.55. The third-order valence-electron chi connectivity index (χ3n) is 4.91. The van der Waals surface area contributed by atoms with Crippen molar-refractivity contribution < 1.29 is 4.79 Å². The van der Waals surface area contributed by atoms with Crippen LogP contribution in [0.1, 0.15) is 38.5 Å².